The van der Waals surface area contributed by atoms with Gasteiger partial charge in [0.25, 0.3) is 0 Å². The summed E-state index contributed by atoms with van der Waals surface area (Å²) in [7, 11) is 1.52. The summed E-state index contributed by atoms with van der Waals surface area (Å²) in [5.41, 5.74) is 5.35. The SMILES string of the molecule is CCCCCCCOc1ccc(CCC(C)(N)COCOC)cc1C(F)(F)F. The molecule has 0 amide bonds. The van der Waals surface area contributed by atoms with Crippen molar-refractivity contribution in [1.82, 2.24) is 0 Å². The maximum atomic E-state index is 13.4. The van der Waals surface area contributed by atoms with E-state index in [-0.39, 0.29) is 19.1 Å². The van der Waals surface area contributed by atoms with Gasteiger partial charge in [0.15, 0.2) is 0 Å². The van der Waals surface area contributed by atoms with E-state index in [1.165, 1.54) is 19.2 Å². The van der Waals surface area contributed by atoms with E-state index < -0.39 is 17.3 Å². The smallest absolute Gasteiger partial charge is 0.419 e. The van der Waals surface area contributed by atoms with E-state index in [0.717, 1.165) is 32.1 Å². The zero-order valence-electron chi connectivity index (χ0n) is 17.2. The van der Waals surface area contributed by atoms with Gasteiger partial charge in [0.05, 0.1) is 18.8 Å². The molecule has 1 atom stereocenters. The summed E-state index contributed by atoms with van der Waals surface area (Å²) in [5.74, 6) is -0.106. The van der Waals surface area contributed by atoms with Crippen LogP contribution in [0.1, 0.15) is 63.5 Å². The fourth-order valence-electron chi connectivity index (χ4n) is 2.83. The summed E-state index contributed by atoms with van der Waals surface area (Å²) in [4.78, 5) is 0. The van der Waals surface area contributed by atoms with Crippen LogP contribution in [0, 0.1) is 0 Å². The van der Waals surface area contributed by atoms with Crippen molar-refractivity contribution in [2.75, 3.05) is 27.1 Å². The van der Waals surface area contributed by atoms with Crippen molar-refractivity contribution in [3.63, 3.8) is 0 Å². The van der Waals surface area contributed by atoms with Crippen LogP contribution in [-0.2, 0) is 22.1 Å². The Bertz CT molecular complexity index is 562. The minimum atomic E-state index is -4.46. The molecule has 0 fully saturated rings. The van der Waals surface area contributed by atoms with E-state index in [1.54, 1.807) is 6.07 Å². The average molecular weight is 406 g/mol. The minimum absolute atomic E-state index is 0.106. The van der Waals surface area contributed by atoms with Gasteiger partial charge in [0, 0.05) is 12.6 Å². The number of hydrogen-bond acceptors (Lipinski definition) is 4. The van der Waals surface area contributed by atoms with Crippen LogP contribution in [0.4, 0.5) is 13.2 Å². The normalized spacial score (nSPS) is 14.1. The van der Waals surface area contributed by atoms with Crippen LogP contribution in [0.15, 0.2) is 18.2 Å². The predicted molar refractivity (Wildman–Crippen MR) is 104 cm³/mol. The lowest BCUT2D eigenvalue weighted by Gasteiger charge is -2.24. The van der Waals surface area contributed by atoms with Crippen LogP contribution in [-0.4, -0.2) is 32.7 Å². The van der Waals surface area contributed by atoms with Crippen molar-refractivity contribution in [2.24, 2.45) is 5.73 Å². The van der Waals surface area contributed by atoms with E-state index in [2.05, 4.69) is 6.92 Å². The monoisotopic (exact) mass is 405 g/mol. The summed E-state index contributed by atoms with van der Waals surface area (Å²) >= 11 is 0. The highest BCUT2D eigenvalue weighted by Gasteiger charge is 2.34. The van der Waals surface area contributed by atoms with E-state index in [0.29, 0.717) is 25.0 Å². The van der Waals surface area contributed by atoms with Gasteiger partial charge in [-0.15, -0.1) is 0 Å². The maximum absolute atomic E-state index is 13.4. The summed E-state index contributed by atoms with van der Waals surface area (Å²) in [6.07, 6.45) is 1.52. The molecule has 0 aliphatic rings. The first-order valence-corrected chi connectivity index (χ1v) is 9.88. The first kappa shape index (κ1) is 24.7. The lowest BCUT2D eigenvalue weighted by Crippen LogP contribution is -2.41. The zero-order valence-corrected chi connectivity index (χ0v) is 17.2. The largest absolute Gasteiger partial charge is 0.493 e. The number of unbranched alkanes of at least 4 members (excludes halogenated alkanes) is 4. The molecule has 1 aromatic carbocycles. The van der Waals surface area contributed by atoms with Gasteiger partial charge in [0.2, 0.25) is 0 Å². The molecule has 0 radical (unpaired) electrons. The Balaban J connectivity index is 2.67. The molecule has 0 heterocycles. The van der Waals surface area contributed by atoms with E-state index in [1.807, 2.05) is 6.92 Å². The second-order valence-electron chi connectivity index (χ2n) is 7.50. The van der Waals surface area contributed by atoms with Gasteiger partial charge in [-0.1, -0.05) is 38.7 Å². The van der Waals surface area contributed by atoms with Crippen molar-refractivity contribution >= 4 is 0 Å². The number of halogens is 3. The van der Waals surface area contributed by atoms with Crippen LogP contribution in [0.3, 0.4) is 0 Å². The van der Waals surface area contributed by atoms with Gasteiger partial charge in [-0.25, -0.2) is 0 Å². The lowest BCUT2D eigenvalue weighted by molar-refractivity contribution is -0.139. The molecule has 0 aliphatic heterocycles. The third-order valence-corrected chi connectivity index (χ3v) is 4.47. The second kappa shape index (κ2) is 12.3. The molecule has 0 bridgehead atoms. The fraction of sp³-hybridized carbons (Fsp3) is 0.714. The summed E-state index contributed by atoms with van der Waals surface area (Å²) in [6, 6.07) is 4.26. The van der Waals surface area contributed by atoms with Crippen molar-refractivity contribution in [1.29, 1.82) is 0 Å². The predicted octanol–water partition coefficient (Wildman–Crippen LogP) is 5.33. The second-order valence-corrected chi connectivity index (χ2v) is 7.50. The van der Waals surface area contributed by atoms with Gasteiger partial charge >= 0.3 is 6.18 Å². The number of rotatable bonds is 14. The Hall–Kier alpha value is -1.31. The molecule has 4 nitrogen and oxygen atoms in total. The van der Waals surface area contributed by atoms with Crippen LogP contribution >= 0.6 is 0 Å². The Morgan fingerprint density at radius 1 is 1.07 bits per heavy atom. The molecule has 28 heavy (non-hydrogen) atoms. The third-order valence-electron chi connectivity index (χ3n) is 4.47. The number of benzene rings is 1. The van der Waals surface area contributed by atoms with E-state index >= 15 is 0 Å². The Kier molecular flexibility index (Phi) is 10.9. The molecule has 0 aliphatic carbocycles. The highest BCUT2D eigenvalue weighted by Crippen LogP contribution is 2.37. The first-order valence-electron chi connectivity index (χ1n) is 9.88. The standard InChI is InChI=1S/C21H34F3NO3/c1-4-5-6-7-8-13-28-19-10-9-17(14-18(19)21(22,23)24)11-12-20(2,25)15-27-16-26-3/h9-10,14H,4-8,11-13,15-16,25H2,1-3H3. The Morgan fingerprint density at radius 2 is 1.79 bits per heavy atom. The quantitative estimate of drug-likeness (QED) is 0.336. The third kappa shape index (κ3) is 9.75. The average Bonchev–Trinajstić information content (AvgIpc) is 2.63. The molecule has 1 rings (SSSR count). The molecule has 1 aromatic rings. The summed E-state index contributed by atoms with van der Waals surface area (Å²) < 4.78 is 55.8. The van der Waals surface area contributed by atoms with Crippen LogP contribution in [0.2, 0.25) is 0 Å². The molecular weight excluding hydrogens is 371 g/mol. The number of aryl methyl sites for hydroxylation is 1. The number of methoxy groups -OCH3 is 1. The fourth-order valence-corrected chi connectivity index (χ4v) is 2.83. The minimum Gasteiger partial charge on any atom is -0.493 e. The topological polar surface area (TPSA) is 53.7 Å². The van der Waals surface area contributed by atoms with Gasteiger partial charge < -0.3 is 19.9 Å². The van der Waals surface area contributed by atoms with Gasteiger partial charge in [-0.05, 0) is 43.9 Å². The number of nitrogens with two attached hydrogens (primary N) is 1. The molecule has 2 N–H and O–H groups in total. The van der Waals surface area contributed by atoms with Crippen molar-refractivity contribution in [3.8, 4) is 5.75 Å². The number of hydrogen-bond donors (Lipinski definition) is 1. The molecule has 7 heteroatoms. The van der Waals surface area contributed by atoms with E-state index in [9.17, 15) is 13.2 Å². The molecular formula is C21H34F3NO3. The summed E-state index contributed by atoms with van der Waals surface area (Å²) in [6.45, 7) is 4.63. The zero-order chi connectivity index (χ0) is 21.0. The molecule has 0 spiro atoms. The van der Waals surface area contributed by atoms with Gasteiger partial charge in [-0.3, -0.25) is 0 Å². The van der Waals surface area contributed by atoms with Crippen LogP contribution < -0.4 is 10.5 Å². The Morgan fingerprint density at radius 3 is 2.43 bits per heavy atom. The molecule has 1 unspecified atom stereocenters. The number of alkyl halides is 3. The molecule has 0 aromatic heterocycles. The van der Waals surface area contributed by atoms with Crippen molar-refractivity contribution in [2.45, 2.75) is 70.5 Å². The van der Waals surface area contributed by atoms with Gasteiger partial charge in [-0.2, -0.15) is 13.2 Å². The molecule has 0 saturated carbocycles. The summed E-state index contributed by atoms with van der Waals surface area (Å²) in [5, 5.41) is 0. The lowest BCUT2D eigenvalue weighted by atomic mass is 9.94. The van der Waals surface area contributed by atoms with Crippen molar-refractivity contribution in [3.05, 3.63) is 29.3 Å². The number of ether oxygens (including phenoxy) is 3. The molecule has 0 saturated heterocycles. The van der Waals surface area contributed by atoms with Crippen LogP contribution in [0.5, 0.6) is 5.75 Å². The first-order chi connectivity index (χ1) is 13.2. The van der Waals surface area contributed by atoms with Crippen molar-refractivity contribution < 1.29 is 27.4 Å². The highest BCUT2D eigenvalue weighted by atomic mass is 19.4. The highest BCUT2D eigenvalue weighted by molar-refractivity contribution is 5.39. The molecule has 162 valence electrons. The van der Waals surface area contributed by atoms with Crippen LogP contribution in [0.25, 0.3) is 0 Å². The maximum Gasteiger partial charge on any atom is 0.419 e. The van der Waals surface area contributed by atoms with E-state index in [4.69, 9.17) is 19.9 Å². The van der Waals surface area contributed by atoms with Gasteiger partial charge in [0.1, 0.15) is 12.5 Å². The Labute approximate surface area is 166 Å².